The number of amides is 1. The van der Waals surface area contributed by atoms with Gasteiger partial charge in [0.15, 0.2) is 0 Å². The van der Waals surface area contributed by atoms with Crippen molar-refractivity contribution >= 4 is 16.8 Å². The third-order valence-electron chi connectivity index (χ3n) is 4.04. The van der Waals surface area contributed by atoms with Gasteiger partial charge in [0, 0.05) is 36.1 Å². The summed E-state index contributed by atoms with van der Waals surface area (Å²) in [5.41, 5.74) is 3.58. The van der Waals surface area contributed by atoms with Crippen LogP contribution in [-0.2, 0) is 11.2 Å². The molecule has 3 rings (SSSR count). The molecule has 0 saturated heterocycles. The zero-order valence-electron chi connectivity index (χ0n) is 11.5. The number of hydrogen-bond donors (Lipinski definition) is 1. The number of H-pyrrole nitrogens is 1. The van der Waals surface area contributed by atoms with Crippen LogP contribution in [0.15, 0.2) is 18.2 Å². The number of nitrogens with zero attached hydrogens (tertiary/aromatic N) is 1. The van der Waals surface area contributed by atoms with Gasteiger partial charge in [0.05, 0.1) is 13.2 Å². The van der Waals surface area contributed by atoms with Crippen molar-refractivity contribution in [2.24, 2.45) is 0 Å². The van der Waals surface area contributed by atoms with E-state index in [-0.39, 0.29) is 11.9 Å². The number of ether oxygens (including phenoxy) is 1. The Balaban J connectivity index is 2.12. The molecule has 2 aromatic rings. The molecule has 1 amide bonds. The molecule has 0 radical (unpaired) electrons. The van der Waals surface area contributed by atoms with Crippen LogP contribution in [0.25, 0.3) is 10.9 Å². The highest BCUT2D eigenvalue weighted by Gasteiger charge is 2.28. The quantitative estimate of drug-likeness (QED) is 0.854. The van der Waals surface area contributed by atoms with Crippen molar-refractivity contribution in [2.75, 3.05) is 13.7 Å². The molecule has 1 N–H and O–H groups in total. The highest BCUT2D eigenvalue weighted by Crippen LogP contribution is 2.35. The van der Waals surface area contributed by atoms with Crippen LogP contribution < -0.4 is 4.74 Å². The fourth-order valence-corrected chi connectivity index (χ4v) is 3.02. The molecular formula is C15H18N2O2. The van der Waals surface area contributed by atoms with E-state index in [9.17, 15) is 4.79 Å². The van der Waals surface area contributed by atoms with Crippen LogP contribution in [-0.4, -0.2) is 29.4 Å². The van der Waals surface area contributed by atoms with E-state index in [0.717, 1.165) is 29.9 Å². The Hall–Kier alpha value is -1.97. The van der Waals surface area contributed by atoms with Crippen molar-refractivity contribution in [3.05, 3.63) is 29.5 Å². The lowest BCUT2D eigenvalue weighted by Crippen LogP contribution is -2.37. The van der Waals surface area contributed by atoms with Gasteiger partial charge in [-0.3, -0.25) is 4.79 Å². The minimum Gasteiger partial charge on any atom is -0.497 e. The van der Waals surface area contributed by atoms with Gasteiger partial charge in [-0.1, -0.05) is 0 Å². The maximum absolute atomic E-state index is 11.6. The number of rotatable bonds is 1. The molecule has 0 bridgehead atoms. The van der Waals surface area contributed by atoms with E-state index < -0.39 is 0 Å². The van der Waals surface area contributed by atoms with Crippen molar-refractivity contribution < 1.29 is 9.53 Å². The average Bonchev–Trinajstić information content (AvgIpc) is 2.77. The molecule has 2 heterocycles. The summed E-state index contributed by atoms with van der Waals surface area (Å²) < 4.78 is 5.26. The summed E-state index contributed by atoms with van der Waals surface area (Å²) >= 11 is 0. The van der Waals surface area contributed by atoms with Crippen LogP contribution in [0.3, 0.4) is 0 Å². The predicted octanol–water partition coefficient (Wildman–Crippen LogP) is 2.64. The smallest absolute Gasteiger partial charge is 0.220 e. The number of carbonyl (C=O) groups excluding carboxylic acids is 1. The van der Waals surface area contributed by atoms with E-state index in [0.29, 0.717) is 0 Å². The number of nitrogens with one attached hydrogen (secondary N) is 1. The van der Waals surface area contributed by atoms with Crippen molar-refractivity contribution in [3.8, 4) is 5.75 Å². The summed E-state index contributed by atoms with van der Waals surface area (Å²) in [5, 5.41) is 1.24. The van der Waals surface area contributed by atoms with Gasteiger partial charge in [-0.15, -0.1) is 0 Å². The van der Waals surface area contributed by atoms with E-state index in [2.05, 4.69) is 18.0 Å². The molecule has 0 saturated carbocycles. The van der Waals surface area contributed by atoms with E-state index in [1.165, 1.54) is 10.9 Å². The minimum absolute atomic E-state index is 0.111. The summed E-state index contributed by atoms with van der Waals surface area (Å²) in [6.07, 6.45) is 0.908. The van der Waals surface area contributed by atoms with E-state index in [1.807, 2.05) is 17.0 Å². The van der Waals surface area contributed by atoms with Crippen LogP contribution >= 0.6 is 0 Å². The maximum Gasteiger partial charge on any atom is 0.220 e. The molecule has 100 valence electrons. The van der Waals surface area contributed by atoms with E-state index in [4.69, 9.17) is 4.74 Å². The summed E-state index contributed by atoms with van der Waals surface area (Å²) in [5.74, 6) is 0.983. The normalized spacial score (nSPS) is 18.5. The van der Waals surface area contributed by atoms with Gasteiger partial charge in [0.2, 0.25) is 5.91 Å². The molecule has 1 aliphatic heterocycles. The highest BCUT2D eigenvalue weighted by molar-refractivity contribution is 5.87. The summed E-state index contributed by atoms with van der Waals surface area (Å²) in [6.45, 7) is 4.50. The second-order valence-corrected chi connectivity index (χ2v) is 5.07. The Morgan fingerprint density at radius 3 is 2.95 bits per heavy atom. The van der Waals surface area contributed by atoms with Crippen LogP contribution in [0.4, 0.5) is 0 Å². The van der Waals surface area contributed by atoms with Crippen LogP contribution in [0.2, 0.25) is 0 Å². The Bertz CT molecular complexity index is 645. The molecule has 19 heavy (non-hydrogen) atoms. The van der Waals surface area contributed by atoms with Gasteiger partial charge in [-0.2, -0.15) is 0 Å². The number of benzene rings is 1. The Labute approximate surface area is 112 Å². The molecule has 4 nitrogen and oxygen atoms in total. The molecule has 0 spiro atoms. The zero-order chi connectivity index (χ0) is 13.6. The standard InChI is InChI=1S/C15H18N2O2/c1-9-15-13(6-7-17(9)10(2)18)12-5-4-11(19-3)8-14(12)16-15/h4-5,8-9,16H,6-7H2,1-3H3/t9-/m1/s1. The third kappa shape index (κ3) is 1.79. The minimum atomic E-state index is 0.111. The molecule has 0 unspecified atom stereocenters. The van der Waals surface area contributed by atoms with Gasteiger partial charge in [-0.05, 0) is 31.0 Å². The van der Waals surface area contributed by atoms with Gasteiger partial charge in [0.1, 0.15) is 5.75 Å². The summed E-state index contributed by atoms with van der Waals surface area (Å²) in [6, 6.07) is 6.20. The first kappa shape index (κ1) is 12.1. The largest absolute Gasteiger partial charge is 0.497 e. The zero-order valence-corrected chi connectivity index (χ0v) is 11.5. The third-order valence-corrected chi connectivity index (χ3v) is 4.04. The van der Waals surface area contributed by atoms with Crippen molar-refractivity contribution in [1.82, 2.24) is 9.88 Å². The van der Waals surface area contributed by atoms with Crippen molar-refractivity contribution in [1.29, 1.82) is 0 Å². The maximum atomic E-state index is 11.6. The number of methoxy groups -OCH3 is 1. The van der Waals surface area contributed by atoms with Crippen LogP contribution in [0.1, 0.15) is 31.1 Å². The first-order valence-electron chi connectivity index (χ1n) is 6.57. The van der Waals surface area contributed by atoms with Crippen LogP contribution in [0, 0.1) is 0 Å². The fraction of sp³-hybridized carbons (Fsp3) is 0.400. The lowest BCUT2D eigenvalue weighted by molar-refractivity contribution is -0.131. The summed E-state index contributed by atoms with van der Waals surface area (Å²) in [4.78, 5) is 17.0. The molecule has 0 fully saturated rings. The molecule has 1 aromatic carbocycles. The molecule has 1 atom stereocenters. The number of hydrogen-bond acceptors (Lipinski definition) is 2. The highest BCUT2D eigenvalue weighted by atomic mass is 16.5. The SMILES string of the molecule is COc1ccc2c3c([nH]c2c1)[C@@H](C)N(C(C)=O)CC3. The number of carbonyl (C=O) groups is 1. The number of aromatic amines is 1. The van der Waals surface area contributed by atoms with E-state index >= 15 is 0 Å². The Morgan fingerprint density at radius 2 is 2.26 bits per heavy atom. The van der Waals surface area contributed by atoms with Crippen LogP contribution in [0.5, 0.6) is 5.75 Å². The predicted molar refractivity (Wildman–Crippen MR) is 74.4 cm³/mol. The average molecular weight is 258 g/mol. The van der Waals surface area contributed by atoms with Crippen molar-refractivity contribution in [2.45, 2.75) is 26.3 Å². The topological polar surface area (TPSA) is 45.3 Å². The number of aromatic nitrogens is 1. The Kier molecular flexibility index (Phi) is 2.73. The van der Waals surface area contributed by atoms with Gasteiger partial charge in [0.25, 0.3) is 0 Å². The fourth-order valence-electron chi connectivity index (χ4n) is 3.02. The van der Waals surface area contributed by atoms with Gasteiger partial charge < -0.3 is 14.6 Å². The second-order valence-electron chi connectivity index (χ2n) is 5.07. The molecule has 4 heteroatoms. The number of fused-ring (bicyclic) bond motifs is 3. The molecular weight excluding hydrogens is 240 g/mol. The first-order chi connectivity index (χ1) is 9.11. The first-order valence-corrected chi connectivity index (χ1v) is 6.57. The summed E-state index contributed by atoms with van der Waals surface area (Å²) in [7, 11) is 1.67. The van der Waals surface area contributed by atoms with Gasteiger partial charge >= 0.3 is 0 Å². The van der Waals surface area contributed by atoms with E-state index in [1.54, 1.807) is 14.0 Å². The molecule has 1 aromatic heterocycles. The lowest BCUT2D eigenvalue weighted by atomic mass is 9.98. The second kappa shape index (κ2) is 4.30. The lowest BCUT2D eigenvalue weighted by Gasteiger charge is -2.32. The van der Waals surface area contributed by atoms with Gasteiger partial charge in [-0.25, -0.2) is 0 Å². The van der Waals surface area contributed by atoms with Crippen molar-refractivity contribution in [3.63, 3.8) is 0 Å². The molecule has 0 aliphatic carbocycles. The molecule has 1 aliphatic rings. The Morgan fingerprint density at radius 1 is 1.47 bits per heavy atom. The monoisotopic (exact) mass is 258 g/mol.